The van der Waals surface area contributed by atoms with E-state index in [1.165, 1.54) is 17.5 Å². The summed E-state index contributed by atoms with van der Waals surface area (Å²) in [7, 11) is 0.952. The van der Waals surface area contributed by atoms with Crippen molar-refractivity contribution in [3.8, 4) is 17.2 Å². The SMILES string of the molecule is COc1ccc(Cc2csc(N3CCN(S(=O)(=O)c4cc(Cl)ccc4OC)CC3)n2)cc1OC. The van der Waals surface area contributed by atoms with Crippen LogP contribution in [0.3, 0.4) is 0 Å². The molecule has 4 rings (SSSR count). The molecule has 0 N–H and O–H groups in total. The van der Waals surface area contributed by atoms with Crippen LogP contribution in [-0.4, -0.2) is 65.2 Å². The minimum atomic E-state index is -3.72. The number of ether oxygens (including phenoxy) is 3. The molecule has 8 nitrogen and oxygen atoms in total. The third kappa shape index (κ3) is 5.10. The number of methoxy groups -OCH3 is 3. The minimum absolute atomic E-state index is 0.0856. The van der Waals surface area contributed by atoms with Crippen molar-refractivity contribution in [1.29, 1.82) is 0 Å². The van der Waals surface area contributed by atoms with Gasteiger partial charge in [-0.2, -0.15) is 4.31 Å². The van der Waals surface area contributed by atoms with E-state index < -0.39 is 10.0 Å². The number of halogens is 1. The van der Waals surface area contributed by atoms with Gasteiger partial charge in [-0.25, -0.2) is 13.4 Å². The second-order valence-electron chi connectivity index (χ2n) is 7.67. The van der Waals surface area contributed by atoms with Gasteiger partial charge < -0.3 is 19.1 Å². The van der Waals surface area contributed by atoms with Gasteiger partial charge in [-0.15, -0.1) is 11.3 Å². The molecule has 2 aromatic carbocycles. The highest BCUT2D eigenvalue weighted by Crippen LogP contribution is 2.32. The molecule has 0 aliphatic carbocycles. The molecule has 0 saturated carbocycles. The van der Waals surface area contributed by atoms with E-state index in [0.29, 0.717) is 49.1 Å². The van der Waals surface area contributed by atoms with Crippen LogP contribution in [0.15, 0.2) is 46.7 Å². The summed E-state index contributed by atoms with van der Waals surface area (Å²) in [4.78, 5) is 6.98. The number of rotatable bonds is 8. The maximum absolute atomic E-state index is 13.2. The van der Waals surface area contributed by atoms with Crippen molar-refractivity contribution in [3.63, 3.8) is 0 Å². The quantitative estimate of drug-likeness (QED) is 0.442. The number of aromatic nitrogens is 1. The highest BCUT2D eigenvalue weighted by atomic mass is 35.5. The normalized spacial score (nSPS) is 14.8. The van der Waals surface area contributed by atoms with Crippen LogP contribution in [0.4, 0.5) is 5.13 Å². The molecule has 1 aliphatic heterocycles. The standard InChI is InChI=1S/C23H26ClN3O5S2/c1-30-19-6-4-16(13-21(19)32-3)12-18-15-33-23(25-18)26-8-10-27(11-9-26)34(28,29)22-14-17(24)5-7-20(22)31-2/h4-7,13-15H,8-12H2,1-3H3. The van der Waals surface area contributed by atoms with Crippen molar-refractivity contribution in [1.82, 2.24) is 9.29 Å². The van der Waals surface area contributed by atoms with E-state index in [1.54, 1.807) is 37.7 Å². The molecule has 0 radical (unpaired) electrons. The Morgan fingerprint density at radius 3 is 2.29 bits per heavy atom. The summed E-state index contributed by atoms with van der Waals surface area (Å²) in [5, 5.41) is 3.27. The first-order chi connectivity index (χ1) is 16.3. The fourth-order valence-corrected chi connectivity index (χ4v) is 6.55. The van der Waals surface area contributed by atoms with Crippen LogP contribution in [-0.2, 0) is 16.4 Å². The maximum Gasteiger partial charge on any atom is 0.246 e. The van der Waals surface area contributed by atoms with E-state index in [4.69, 9.17) is 30.8 Å². The fourth-order valence-electron chi connectivity index (χ4n) is 3.83. The van der Waals surface area contributed by atoms with Gasteiger partial charge in [-0.1, -0.05) is 17.7 Å². The number of thiazole rings is 1. The van der Waals surface area contributed by atoms with Gasteiger partial charge in [0.15, 0.2) is 16.6 Å². The first kappa shape index (κ1) is 24.6. The molecule has 34 heavy (non-hydrogen) atoms. The minimum Gasteiger partial charge on any atom is -0.495 e. The topological polar surface area (TPSA) is 81.2 Å². The van der Waals surface area contributed by atoms with E-state index in [-0.39, 0.29) is 10.6 Å². The molecule has 1 aromatic heterocycles. The van der Waals surface area contributed by atoms with Crippen LogP contribution in [0.25, 0.3) is 0 Å². The largest absolute Gasteiger partial charge is 0.495 e. The molecule has 3 aromatic rings. The lowest BCUT2D eigenvalue weighted by atomic mass is 10.1. The number of piperazine rings is 1. The van der Waals surface area contributed by atoms with Gasteiger partial charge in [0.1, 0.15) is 10.6 Å². The molecular weight excluding hydrogens is 498 g/mol. The van der Waals surface area contributed by atoms with Gasteiger partial charge in [0, 0.05) is 43.0 Å². The molecule has 0 amide bonds. The number of sulfonamides is 1. The van der Waals surface area contributed by atoms with E-state index in [1.807, 2.05) is 23.6 Å². The van der Waals surface area contributed by atoms with Crippen molar-refractivity contribution in [3.05, 3.63) is 58.1 Å². The highest BCUT2D eigenvalue weighted by Gasteiger charge is 2.31. The van der Waals surface area contributed by atoms with Gasteiger partial charge in [-0.3, -0.25) is 0 Å². The van der Waals surface area contributed by atoms with Crippen LogP contribution in [0.1, 0.15) is 11.3 Å². The van der Waals surface area contributed by atoms with Gasteiger partial charge in [-0.05, 0) is 35.9 Å². The van der Waals surface area contributed by atoms with E-state index >= 15 is 0 Å². The summed E-state index contributed by atoms with van der Waals surface area (Å²) in [6.07, 6.45) is 0.666. The zero-order chi connectivity index (χ0) is 24.3. The lowest BCUT2D eigenvalue weighted by Gasteiger charge is -2.34. The van der Waals surface area contributed by atoms with Gasteiger partial charge in [0.2, 0.25) is 10.0 Å². The van der Waals surface area contributed by atoms with E-state index in [2.05, 4.69) is 4.90 Å². The van der Waals surface area contributed by atoms with Gasteiger partial charge >= 0.3 is 0 Å². The Hall–Kier alpha value is -2.53. The molecular formula is C23H26ClN3O5S2. The summed E-state index contributed by atoms with van der Waals surface area (Å²) in [5.41, 5.74) is 2.02. The average Bonchev–Trinajstić information content (AvgIpc) is 3.32. The smallest absolute Gasteiger partial charge is 0.246 e. The Bertz CT molecular complexity index is 1260. The second kappa shape index (κ2) is 10.4. The Balaban J connectivity index is 1.42. The summed E-state index contributed by atoms with van der Waals surface area (Å²) >= 11 is 7.61. The fraction of sp³-hybridized carbons (Fsp3) is 0.348. The lowest BCUT2D eigenvalue weighted by Crippen LogP contribution is -2.48. The highest BCUT2D eigenvalue weighted by molar-refractivity contribution is 7.89. The lowest BCUT2D eigenvalue weighted by molar-refractivity contribution is 0.354. The Morgan fingerprint density at radius 1 is 0.941 bits per heavy atom. The first-order valence-corrected chi connectivity index (χ1v) is 13.3. The van der Waals surface area contributed by atoms with Gasteiger partial charge in [0.05, 0.1) is 27.0 Å². The predicted molar refractivity (Wildman–Crippen MR) is 133 cm³/mol. The zero-order valence-electron chi connectivity index (χ0n) is 19.2. The van der Waals surface area contributed by atoms with Crippen LogP contribution >= 0.6 is 22.9 Å². The van der Waals surface area contributed by atoms with Crippen molar-refractivity contribution in [2.24, 2.45) is 0 Å². The number of hydrogen-bond donors (Lipinski definition) is 0. The third-order valence-corrected chi connectivity index (χ3v) is 8.73. The summed E-state index contributed by atoms with van der Waals surface area (Å²) in [6.45, 7) is 1.79. The number of anilines is 1. The third-order valence-electron chi connectivity index (χ3n) is 5.63. The molecule has 1 aliphatic rings. The van der Waals surface area contributed by atoms with Crippen LogP contribution in [0.5, 0.6) is 17.2 Å². The number of benzene rings is 2. The van der Waals surface area contributed by atoms with Crippen LogP contribution in [0, 0.1) is 0 Å². The molecule has 182 valence electrons. The van der Waals surface area contributed by atoms with Crippen molar-refractivity contribution < 1.29 is 22.6 Å². The number of hydrogen-bond acceptors (Lipinski definition) is 8. The monoisotopic (exact) mass is 523 g/mol. The van der Waals surface area contributed by atoms with Crippen LogP contribution < -0.4 is 19.1 Å². The summed E-state index contributed by atoms with van der Waals surface area (Å²) in [5.74, 6) is 1.66. The zero-order valence-corrected chi connectivity index (χ0v) is 21.5. The second-order valence-corrected chi connectivity index (χ2v) is 10.9. The Morgan fingerprint density at radius 2 is 1.62 bits per heavy atom. The first-order valence-electron chi connectivity index (χ1n) is 10.6. The molecule has 1 fully saturated rings. The average molecular weight is 524 g/mol. The predicted octanol–water partition coefficient (Wildman–Crippen LogP) is 3.92. The molecule has 0 unspecified atom stereocenters. The van der Waals surface area contributed by atoms with Crippen molar-refractivity contribution >= 4 is 38.1 Å². The van der Waals surface area contributed by atoms with E-state index in [9.17, 15) is 8.42 Å². The molecule has 11 heteroatoms. The Kier molecular flexibility index (Phi) is 7.51. The molecule has 1 saturated heterocycles. The van der Waals surface area contributed by atoms with Crippen molar-refractivity contribution in [2.45, 2.75) is 11.3 Å². The summed E-state index contributed by atoms with van der Waals surface area (Å²) < 4.78 is 43.8. The molecule has 0 atom stereocenters. The molecule has 2 heterocycles. The molecule has 0 bridgehead atoms. The maximum atomic E-state index is 13.2. The Labute approximate surface area is 208 Å². The number of nitrogens with zero attached hydrogens (tertiary/aromatic N) is 3. The summed E-state index contributed by atoms with van der Waals surface area (Å²) in [6, 6.07) is 10.4. The molecule has 0 spiro atoms. The van der Waals surface area contributed by atoms with Crippen molar-refractivity contribution in [2.75, 3.05) is 52.4 Å². The van der Waals surface area contributed by atoms with Crippen LogP contribution in [0.2, 0.25) is 5.02 Å². The van der Waals surface area contributed by atoms with E-state index in [0.717, 1.165) is 16.4 Å². The van der Waals surface area contributed by atoms with Gasteiger partial charge in [0.25, 0.3) is 0 Å².